The second kappa shape index (κ2) is 3.82. The fraction of sp³-hybridized carbons (Fsp3) is 0.600. The van der Waals surface area contributed by atoms with Crippen LogP contribution in [0.15, 0.2) is 11.3 Å². The van der Waals surface area contributed by atoms with Gasteiger partial charge < -0.3 is 10.4 Å². The zero-order chi connectivity index (χ0) is 10.9. The molecule has 0 radical (unpaired) electrons. The van der Waals surface area contributed by atoms with Crippen LogP contribution in [0.5, 0.6) is 0 Å². The first kappa shape index (κ1) is 10.8. The Morgan fingerprint density at radius 1 is 1.57 bits per heavy atom. The van der Waals surface area contributed by atoms with Gasteiger partial charge in [0.1, 0.15) is 11.3 Å². The first-order chi connectivity index (χ1) is 6.49. The maximum Gasteiger partial charge on any atom is 0.259 e. The minimum absolute atomic E-state index is 0.0631. The molecule has 1 fully saturated rings. The highest BCUT2D eigenvalue weighted by molar-refractivity contribution is 6.26. The van der Waals surface area contributed by atoms with E-state index in [2.05, 4.69) is 5.32 Å². The van der Waals surface area contributed by atoms with E-state index in [1.165, 1.54) is 0 Å². The molecular formula is C10H15NO3. The summed E-state index contributed by atoms with van der Waals surface area (Å²) in [5, 5.41) is 12.1. The number of carbonyl (C=O) groups excluding carboxylic acids is 2. The Kier molecular flexibility index (Phi) is 2.93. The van der Waals surface area contributed by atoms with Crippen LogP contribution in [0.1, 0.15) is 27.2 Å². The first-order valence-electron chi connectivity index (χ1n) is 4.77. The van der Waals surface area contributed by atoms with Gasteiger partial charge in [-0.3, -0.25) is 9.59 Å². The van der Waals surface area contributed by atoms with Crippen molar-refractivity contribution in [3.8, 4) is 0 Å². The van der Waals surface area contributed by atoms with Crippen LogP contribution < -0.4 is 5.32 Å². The van der Waals surface area contributed by atoms with Crippen molar-refractivity contribution in [1.29, 1.82) is 0 Å². The SMILES string of the molecule is CCC(C)/C(O)=C1/C(=O)N[C@@H](C)C1=O. The Morgan fingerprint density at radius 3 is 2.50 bits per heavy atom. The summed E-state index contributed by atoms with van der Waals surface area (Å²) < 4.78 is 0. The lowest BCUT2D eigenvalue weighted by Crippen LogP contribution is -2.25. The van der Waals surface area contributed by atoms with Crippen LogP contribution in [0, 0.1) is 5.92 Å². The van der Waals surface area contributed by atoms with Gasteiger partial charge in [0, 0.05) is 5.92 Å². The molecule has 1 aliphatic rings. The van der Waals surface area contributed by atoms with Gasteiger partial charge in [-0.2, -0.15) is 0 Å². The molecule has 2 N–H and O–H groups in total. The van der Waals surface area contributed by atoms with Crippen LogP contribution in [0.2, 0.25) is 0 Å². The van der Waals surface area contributed by atoms with Gasteiger partial charge in [-0.25, -0.2) is 0 Å². The number of allylic oxidation sites excluding steroid dienone is 1. The molecule has 0 aromatic carbocycles. The van der Waals surface area contributed by atoms with E-state index in [0.29, 0.717) is 6.42 Å². The summed E-state index contributed by atoms with van der Waals surface area (Å²) in [6.45, 7) is 5.28. The molecule has 78 valence electrons. The zero-order valence-corrected chi connectivity index (χ0v) is 8.63. The molecule has 1 saturated heterocycles. The summed E-state index contributed by atoms with van der Waals surface area (Å²) >= 11 is 0. The lowest BCUT2D eigenvalue weighted by Gasteiger charge is -2.08. The quantitative estimate of drug-likeness (QED) is 0.393. The second-order valence-electron chi connectivity index (χ2n) is 3.63. The lowest BCUT2D eigenvalue weighted by molar-refractivity contribution is -0.117. The van der Waals surface area contributed by atoms with Crippen LogP contribution in [-0.2, 0) is 9.59 Å². The maximum absolute atomic E-state index is 11.5. The molecule has 4 heteroatoms. The molecule has 0 spiro atoms. The molecule has 0 saturated carbocycles. The van der Waals surface area contributed by atoms with Crippen LogP contribution in [-0.4, -0.2) is 22.8 Å². The van der Waals surface area contributed by atoms with Gasteiger partial charge in [0.15, 0.2) is 5.78 Å². The normalized spacial score (nSPS) is 27.5. The van der Waals surface area contributed by atoms with E-state index in [1.54, 1.807) is 13.8 Å². The summed E-state index contributed by atoms with van der Waals surface area (Å²) in [5.41, 5.74) is -0.0631. The fourth-order valence-corrected chi connectivity index (χ4v) is 1.35. The molecule has 0 aliphatic carbocycles. The van der Waals surface area contributed by atoms with Gasteiger partial charge in [0.05, 0.1) is 6.04 Å². The number of Topliss-reactive ketones (excluding diaryl/α,β-unsaturated/α-hetero) is 1. The van der Waals surface area contributed by atoms with Gasteiger partial charge in [-0.15, -0.1) is 0 Å². The third-order valence-corrected chi connectivity index (χ3v) is 2.55. The number of nitrogens with one attached hydrogen (secondary N) is 1. The molecule has 1 heterocycles. The van der Waals surface area contributed by atoms with Crippen molar-refractivity contribution in [2.24, 2.45) is 5.92 Å². The Hall–Kier alpha value is -1.32. The van der Waals surface area contributed by atoms with E-state index in [-0.39, 0.29) is 23.0 Å². The number of carbonyl (C=O) groups is 2. The Balaban J connectivity index is 3.07. The summed E-state index contributed by atoms with van der Waals surface area (Å²) in [6.07, 6.45) is 0.699. The van der Waals surface area contributed by atoms with Crippen LogP contribution >= 0.6 is 0 Å². The highest BCUT2D eigenvalue weighted by Gasteiger charge is 2.36. The van der Waals surface area contributed by atoms with E-state index in [0.717, 1.165) is 0 Å². The van der Waals surface area contributed by atoms with Gasteiger partial charge in [-0.1, -0.05) is 13.8 Å². The highest BCUT2D eigenvalue weighted by Crippen LogP contribution is 2.20. The topological polar surface area (TPSA) is 66.4 Å². The van der Waals surface area contributed by atoms with E-state index < -0.39 is 11.9 Å². The smallest absolute Gasteiger partial charge is 0.259 e. The molecular weight excluding hydrogens is 182 g/mol. The van der Waals surface area contributed by atoms with Crippen molar-refractivity contribution in [3.05, 3.63) is 11.3 Å². The predicted molar refractivity (Wildman–Crippen MR) is 51.7 cm³/mol. The zero-order valence-electron chi connectivity index (χ0n) is 8.63. The number of aliphatic hydroxyl groups excluding tert-OH is 1. The standard InChI is InChI=1S/C10H15NO3/c1-4-5(2)8(12)7-9(13)6(3)11-10(7)14/h5-6,12H,4H2,1-3H3,(H,11,14)/b8-7-/t5?,6-/m0/s1. The Bertz CT molecular complexity index is 306. The van der Waals surface area contributed by atoms with Crippen molar-refractivity contribution in [2.75, 3.05) is 0 Å². The highest BCUT2D eigenvalue weighted by atomic mass is 16.3. The van der Waals surface area contributed by atoms with Crippen molar-refractivity contribution >= 4 is 11.7 Å². The molecule has 1 amide bonds. The van der Waals surface area contributed by atoms with Crippen molar-refractivity contribution < 1.29 is 14.7 Å². The summed E-state index contributed by atoms with van der Waals surface area (Å²) in [6, 6.07) is -0.510. The van der Waals surface area contributed by atoms with E-state index in [1.807, 2.05) is 6.92 Å². The first-order valence-corrected chi connectivity index (χ1v) is 4.77. The molecule has 4 nitrogen and oxygen atoms in total. The molecule has 0 aromatic heterocycles. The molecule has 14 heavy (non-hydrogen) atoms. The average molecular weight is 197 g/mol. The molecule has 0 aromatic rings. The van der Waals surface area contributed by atoms with Crippen LogP contribution in [0.4, 0.5) is 0 Å². The summed E-state index contributed by atoms with van der Waals surface area (Å²) in [4.78, 5) is 22.8. The van der Waals surface area contributed by atoms with Crippen LogP contribution in [0.25, 0.3) is 0 Å². The number of amides is 1. The Morgan fingerprint density at radius 2 is 2.14 bits per heavy atom. The minimum Gasteiger partial charge on any atom is -0.511 e. The number of hydrogen-bond acceptors (Lipinski definition) is 3. The van der Waals surface area contributed by atoms with Crippen molar-refractivity contribution in [3.63, 3.8) is 0 Å². The predicted octanol–water partition coefficient (Wildman–Crippen LogP) is 0.932. The summed E-state index contributed by atoms with van der Waals surface area (Å²) in [7, 11) is 0. The monoisotopic (exact) mass is 197 g/mol. The average Bonchev–Trinajstić information content (AvgIpc) is 2.39. The fourth-order valence-electron chi connectivity index (χ4n) is 1.35. The maximum atomic E-state index is 11.5. The summed E-state index contributed by atoms with van der Waals surface area (Å²) in [5.74, 6) is -1.00. The number of rotatable bonds is 2. The van der Waals surface area contributed by atoms with E-state index in [9.17, 15) is 14.7 Å². The number of aliphatic hydroxyl groups is 1. The van der Waals surface area contributed by atoms with Gasteiger partial charge in [0.2, 0.25) is 0 Å². The van der Waals surface area contributed by atoms with Crippen molar-refractivity contribution in [1.82, 2.24) is 5.32 Å². The van der Waals surface area contributed by atoms with Crippen LogP contribution in [0.3, 0.4) is 0 Å². The number of hydrogen-bond donors (Lipinski definition) is 2. The molecule has 1 rings (SSSR count). The third kappa shape index (κ3) is 1.64. The largest absolute Gasteiger partial charge is 0.511 e. The molecule has 2 atom stereocenters. The van der Waals surface area contributed by atoms with E-state index in [4.69, 9.17) is 0 Å². The van der Waals surface area contributed by atoms with Gasteiger partial charge in [0.25, 0.3) is 5.91 Å². The number of ketones is 1. The lowest BCUT2D eigenvalue weighted by atomic mass is 9.99. The van der Waals surface area contributed by atoms with Gasteiger partial charge in [-0.05, 0) is 13.3 Å². The van der Waals surface area contributed by atoms with E-state index >= 15 is 0 Å². The van der Waals surface area contributed by atoms with Gasteiger partial charge >= 0.3 is 0 Å². The third-order valence-electron chi connectivity index (χ3n) is 2.55. The van der Waals surface area contributed by atoms with Crippen molar-refractivity contribution in [2.45, 2.75) is 33.2 Å². The minimum atomic E-state index is -0.510. The molecule has 1 unspecified atom stereocenters. The molecule has 1 aliphatic heterocycles. The molecule has 0 bridgehead atoms. The Labute approximate surface area is 83.0 Å². The second-order valence-corrected chi connectivity index (χ2v) is 3.63.